The molecule has 7 heteroatoms. The third kappa shape index (κ3) is 4.59. The second-order valence-electron chi connectivity index (χ2n) is 8.07. The third-order valence-electron chi connectivity index (χ3n) is 5.68. The SMILES string of the molecule is Cc1ccc(CN2CCc3c(OCC(=O)Nc4nc5ccccc5s4)cccc3C2=O)cc1. The summed E-state index contributed by atoms with van der Waals surface area (Å²) in [5.74, 6) is 0.284. The van der Waals surface area contributed by atoms with Crippen molar-refractivity contribution in [3.63, 3.8) is 0 Å². The Balaban J connectivity index is 1.24. The van der Waals surface area contributed by atoms with Crippen molar-refractivity contribution in [1.29, 1.82) is 0 Å². The standard InChI is InChI=1S/C26H23N3O3S/c1-17-9-11-18(12-10-17)15-29-14-13-19-20(25(29)31)5-4-7-22(19)32-16-24(30)28-26-27-21-6-2-3-8-23(21)33-26/h2-12H,13-16H2,1H3,(H,27,28,30). The number of ether oxygens (including phenoxy) is 1. The molecule has 3 aromatic carbocycles. The fraction of sp³-hybridized carbons (Fsp3) is 0.192. The number of thiazole rings is 1. The first kappa shape index (κ1) is 21.2. The molecular formula is C26H23N3O3S. The monoisotopic (exact) mass is 457 g/mol. The molecule has 0 fully saturated rings. The Bertz CT molecular complexity index is 1300. The minimum atomic E-state index is -0.283. The van der Waals surface area contributed by atoms with Gasteiger partial charge in [0.05, 0.1) is 10.2 Å². The summed E-state index contributed by atoms with van der Waals surface area (Å²) < 4.78 is 6.84. The van der Waals surface area contributed by atoms with Gasteiger partial charge in [0.2, 0.25) is 0 Å². The molecule has 0 radical (unpaired) electrons. The minimum absolute atomic E-state index is 0.0128. The molecule has 0 saturated carbocycles. The summed E-state index contributed by atoms with van der Waals surface area (Å²) in [5, 5.41) is 3.34. The molecule has 0 saturated heterocycles. The van der Waals surface area contributed by atoms with Crippen LogP contribution in [0.25, 0.3) is 10.2 Å². The van der Waals surface area contributed by atoms with Crippen LogP contribution in [0, 0.1) is 6.92 Å². The highest BCUT2D eigenvalue weighted by atomic mass is 32.1. The first-order valence-corrected chi connectivity index (χ1v) is 11.6. The zero-order valence-electron chi connectivity index (χ0n) is 18.2. The number of nitrogens with one attached hydrogen (secondary N) is 1. The van der Waals surface area contributed by atoms with Gasteiger partial charge >= 0.3 is 0 Å². The van der Waals surface area contributed by atoms with E-state index < -0.39 is 0 Å². The van der Waals surface area contributed by atoms with E-state index in [-0.39, 0.29) is 18.4 Å². The summed E-state index contributed by atoms with van der Waals surface area (Å²) in [7, 11) is 0. The van der Waals surface area contributed by atoms with Crippen LogP contribution >= 0.6 is 11.3 Å². The Hall–Kier alpha value is -3.71. The largest absolute Gasteiger partial charge is 0.483 e. The lowest BCUT2D eigenvalue weighted by atomic mass is 9.97. The Morgan fingerprint density at radius 3 is 2.73 bits per heavy atom. The van der Waals surface area contributed by atoms with E-state index in [1.807, 2.05) is 48.2 Å². The molecule has 0 aliphatic carbocycles. The molecule has 4 aromatic rings. The predicted molar refractivity (Wildman–Crippen MR) is 130 cm³/mol. The summed E-state index contributed by atoms with van der Waals surface area (Å²) in [6.45, 7) is 3.09. The van der Waals surface area contributed by atoms with Crippen molar-refractivity contribution >= 4 is 38.5 Å². The number of carbonyl (C=O) groups is 2. The molecule has 2 heterocycles. The molecule has 0 unspecified atom stereocenters. The Kier molecular flexibility index (Phi) is 5.79. The van der Waals surface area contributed by atoms with Gasteiger partial charge < -0.3 is 9.64 Å². The van der Waals surface area contributed by atoms with Crippen LogP contribution in [0.5, 0.6) is 5.75 Å². The van der Waals surface area contributed by atoms with E-state index in [4.69, 9.17) is 4.74 Å². The van der Waals surface area contributed by atoms with Crippen LogP contribution in [-0.4, -0.2) is 34.8 Å². The molecule has 33 heavy (non-hydrogen) atoms. The maximum atomic E-state index is 13.1. The number of hydrogen-bond donors (Lipinski definition) is 1. The lowest BCUT2D eigenvalue weighted by Crippen LogP contribution is -2.37. The van der Waals surface area contributed by atoms with Crippen LogP contribution in [0.4, 0.5) is 5.13 Å². The van der Waals surface area contributed by atoms with Crippen molar-refractivity contribution in [1.82, 2.24) is 9.88 Å². The lowest BCUT2D eigenvalue weighted by Gasteiger charge is -2.29. The summed E-state index contributed by atoms with van der Waals surface area (Å²) in [4.78, 5) is 31.8. The topological polar surface area (TPSA) is 71.5 Å². The summed E-state index contributed by atoms with van der Waals surface area (Å²) in [5.41, 5.74) is 4.65. The second kappa shape index (κ2) is 9.03. The molecule has 2 amide bonds. The molecule has 1 aliphatic heterocycles. The number of para-hydroxylation sites is 1. The number of fused-ring (bicyclic) bond motifs is 2. The number of benzene rings is 3. The van der Waals surface area contributed by atoms with Crippen molar-refractivity contribution in [2.75, 3.05) is 18.5 Å². The van der Waals surface area contributed by atoms with E-state index in [0.717, 1.165) is 21.3 Å². The van der Waals surface area contributed by atoms with E-state index >= 15 is 0 Å². The van der Waals surface area contributed by atoms with Gasteiger partial charge in [-0.3, -0.25) is 14.9 Å². The van der Waals surface area contributed by atoms with Crippen molar-refractivity contribution in [3.05, 3.63) is 89.0 Å². The highest BCUT2D eigenvalue weighted by molar-refractivity contribution is 7.22. The molecule has 0 atom stereocenters. The fourth-order valence-corrected chi connectivity index (χ4v) is 4.85. The van der Waals surface area contributed by atoms with Crippen LogP contribution in [0.1, 0.15) is 27.0 Å². The molecule has 0 bridgehead atoms. The third-order valence-corrected chi connectivity index (χ3v) is 6.63. The number of rotatable bonds is 6. The molecule has 1 N–H and O–H groups in total. The van der Waals surface area contributed by atoms with Crippen molar-refractivity contribution in [2.24, 2.45) is 0 Å². The van der Waals surface area contributed by atoms with Crippen LogP contribution in [-0.2, 0) is 17.8 Å². The normalized spacial score (nSPS) is 13.1. The quantitative estimate of drug-likeness (QED) is 0.451. The first-order valence-electron chi connectivity index (χ1n) is 10.8. The van der Waals surface area contributed by atoms with Crippen LogP contribution < -0.4 is 10.1 Å². The minimum Gasteiger partial charge on any atom is -0.483 e. The number of aryl methyl sites for hydroxylation is 1. The Morgan fingerprint density at radius 1 is 1.09 bits per heavy atom. The average Bonchev–Trinajstić information content (AvgIpc) is 3.23. The van der Waals surface area contributed by atoms with Gasteiger partial charge in [-0.05, 0) is 43.2 Å². The number of aromatic nitrogens is 1. The van der Waals surface area contributed by atoms with Gasteiger partial charge in [0, 0.05) is 24.2 Å². The second-order valence-corrected chi connectivity index (χ2v) is 9.10. The number of amides is 2. The van der Waals surface area contributed by atoms with Gasteiger partial charge in [0.15, 0.2) is 11.7 Å². The predicted octanol–water partition coefficient (Wildman–Crippen LogP) is 4.82. The van der Waals surface area contributed by atoms with Crippen LogP contribution in [0.2, 0.25) is 0 Å². The molecule has 0 spiro atoms. The van der Waals surface area contributed by atoms with Crippen molar-refractivity contribution in [3.8, 4) is 5.75 Å². The summed E-state index contributed by atoms with van der Waals surface area (Å²) in [6, 6.07) is 21.4. The highest BCUT2D eigenvalue weighted by Gasteiger charge is 2.27. The fourth-order valence-electron chi connectivity index (χ4n) is 3.97. The number of hydrogen-bond acceptors (Lipinski definition) is 5. The van der Waals surface area contributed by atoms with Gasteiger partial charge in [-0.2, -0.15) is 0 Å². The Morgan fingerprint density at radius 2 is 1.91 bits per heavy atom. The van der Waals surface area contributed by atoms with Crippen molar-refractivity contribution in [2.45, 2.75) is 19.9 Å². The molecule has 1 aromatic heterocycles. The van der Waals surface area contributed by atoms with E-state index in [9.17, 15) is 9.59 Å². The smallest absolute Gasteiger partial charge is 0.264 e. The molecule has 6 nitrogen and oxygen atoms in total. The van der Waals surface area contributed by atoms with E-state index in [1.54, 1.807) is 6.07 Å². The van der Waals surface area contributed by atoms with E-state index in [2.05, 4.69) is 34.6 Å². The van der Waals surface area contributed by atoms with E-state index in [1.165, 1.54) is 16.9 Å². The number of carbonyl (C=O) groups excluding carboxylic acids is 2. The maximum Gasteiger partial charge on any atom is 0.264 e. The highest BCUT2D eigenvalue weighted by Crippen LogP contribution is 2.29. The van der Waals surface area contributed by atoms with E-state index in [0.29, 0.717) is 36.0 Å². The first-order chi connectivity index (χ1) is 16.1. The number of anilines is 1. The average molecular weight is 458 g/mol. The summed E-state index contributed by atoms with van der Waals surface area (Å²) >= 11 is 1.42. The molecule has 5 rings (SSSR count). The van der Waals surface area contributed by atoms with Gasteiger partial charge in [0.25, 0.3) is 11.8 Å². The summed E-state index contributed by atoms with van der Waals surface area (Å²) in [6.07, 6.45) is 0.683. The van der Waals surface area contributed by atoms with Crippen molar-refractivity contribution < 1.29 is 14.3 Å². The van der Waals surface area contributed by atoms with Gasteiger partial charge in [-0.1, -0.05) is 59.4 Å². The molecule has 166 valence electrons. The Labute approximate surface area is 195 Å². The van der Waals surface area contributed by atoms with Crippen LogP contribution in [0.15, 0.2) is 66.7 Å². The van der Waals surface area contributed by atoms with Crippen LogP contribution in [0.3, 0.4) is 0 Å². The zero-order chi connectivity index (χ0) is 22.8. The zero-order valence-corrected chi connectivity index (χ0v) is 19.0. The van der Waals surface area contributed by atoms with Gasteiger partial charge in [0.1, 0.15) is 5.75 Å². The lowest BCUT2D eigenvalue weighted by molar-refractivity contribution is -0.118. The van der Waals surface area contributed by atoms with Gasteiger partial charge in [-0.25, -0.2) is 4.98 Å². The maximum absolute atomic E-state index is 13.1. The molecule has 1 aliphatic rings. The molecular weight excluding hydrogens is 434 g/mol. The number of nitrogens with zero attached hydrogens (tertiary/aromatic N) is 2. The van der Waals surface area contributed by atoms with Gasteiger partial charge in [-0.15, -0.1) is 0 Å².